The summed E-state index contributed by atoms with van der Waals surface area (Å²) >= 11 is 0. The van der Waals surface area contributed by atoms with E-state index in [0.29, 0.717) is 18.5 Å². The van der Waals surface area contributed by atoms with Gasteiger partial charge in [0.25, 0.3) is 5.91 Å². The number of piperidine rings is 1. The van der Waals surface area contributed by atoms with Crippen molar-refractivity contribution in [2.24, 2.45) is 0 Å². The number of amides is 2. The van der Waals surface area contributed by atoms with Crippen molar-refractivity contribution in [2.45, 2.75) is 43.5 Å². The fourth-order valence-electron chi connectivity index (χ4n) is 4.49. The number of nitrogens with zero attached hydrogens (tertiary/aromatic N) is 3. The molecule has 2 aliphatic rings. The Bertz CT molecular complexity index is 1170. The molecule has 2 heterocycles. The van der Waals surface area contributed by atoms with Crippen molar-refractivity contribution in [1.82, 2.24) is 9.62 Å². The summed E-state index contributed by atoms with van der Waals surface area (Å²) in [5.74, 6) is -0.196. The molecule has 0 saturated carbocycles. The van der Waals surface area contributed by atoms with E-state index < -0.39 is 10.0 Å². The van der Waals surface area contributed by atoms with Crippen LogP contribution in [-0.4, -0.2) is 58.3 Å². The van der Waals surface area contributed by atoms with Crippen molar-refractivity contribution >= 4 is 33.2 Å². The molecule has 0 atom stereocenters. The number of hydrogen-bond acceptors (Lipinski definition) is 5. The Morgan fingerprint density at radius 1 is 1.00 bits per heavy atom. The van der Waals surface area contributed by atoms with Crippen molar-refractivity contribution in [3.8, 4) is 0 Å². The van der Waals surface area contributed by atoms with Crippen LogP contribution < -0.4 is 15.1 Å². The summed E-state index contributed by atoms with van der Waals surface area (Å²) in [6.07, 6.45) is 4.55. The molecule has 0 aliphatic carbocycles. The average Bonchev–Trinajstić information content (AvgIpc) is 3.37. The molecule has 4 rings (SSSR count). The van der Waals surface area contributed by atoms with Crippen LogP contribution in [0.3, 0.4) is 0 Å². The lowest BCUT2D eigenvalue weighted by Crippen LogP contribution is -2.35. The summed E-state index contributed by atoms with van der Waals surface area (Å²) in [6.45, 7) is 2.66. The maximum Gasteiger partial charge on any atom is 0.253 e. The van der Waals surface area contributed by atoms with E-state index in [9.17, 15) is 18.0 Å². The van der Waals surface area contributed by atoms with E-state index in [2.05, 4.69) is 10.2 Å². The third-order valence-corrected chi connectivity index (χ3v) is 8.25. The molecule has 0 unspecified atom stereocenters. The standard InChI is InChI=1S/C25H32N4O4S/c1-27(2)34(32,33)21-11-12-23(28-13-5-6-14-28)22(17-21)25(31)26-18-19-8-7-9-20(16-19)29-15-4-3-10-24(29)30/h7-9,11-12,16-17H,3-6,10,13-15,18H2,1-2H3,(H,26,31). The molecule has 0 radical (unpaired) electrons. The Kier molecular flexibility index (Phi) is 7.23. The smallest absolute Gasteiger partial charge is 0.253 e. The zero-order valence-corrected chi connectivity index (χ0v) is 20.6. The van der Waals surface area contributed by atoms with Gasteiger partial charge in [-0.1, -0.05) is 12.1 Å². The van der Waals surface area contributed by atoms with E-state index in [0.717, 1.165) is 60.0 Å². The van der Waals surface area contributed by atoms with Crippen LogP contribution in [-0.2, 0) is 21.4 Å². The number of carbonyl (C=O) groups excluding carboxylic acids is 2. The van der Waals surface area contributed by atoms with Gasteiger partial charge in [0.15, 0.2) is 0 Å². The SMILES string of the molecule is CN(C)S(=O)(=O)c1ccc(N2CCCC2)c(C(=O)NCc2cccc(N3CCCCC3=O)c2)c1. The maximum absolute atomic E-state index is 13.3. The molecule has 9 heteroatoms. The van der Waals surface area contributed by atoms with Crippen molar-refractivity contribution in [1.29, 1.82) is 0 Å². The van der Waals surface area contributed by atoms with Crippen LogP contribution in [0.25, 0.3) is 0 Å². The normalized spacial score (nSPS) is 16.9. The third-order valence-electron chi connectivity index (χ3n) is 6.44. The summed E-state index contributed by atoms with van der Waals surface area (Å²) in [6, 6.07) is 12.4. The van der Waals surface area contributed by atoms with Crippen LogP contribution in [0.4, 0.5) is 11.4 Å². The average molecular weight is 485 g/mol. The predicted octanol–water partition coefficient (Wildman–Crippen LogP) is 2.98. The van der Waals surface area contributed by atoms with E-state index in [1.807, 2.05) is 24.3 Å². The fourth-order valence-corrected chi connectivity index (χ4v) is 5.42. The number of sulfonamides is 1. The molecule has 2 aliphatic heterocycles. The van der Waals surface area contributed by atoms with Crippen LogP contribution in [0.1, 0.15) is 48.0 Å². The first-order chi connectivity index (χ1) is 16.3. The van der Waals surface area contributed by atoms with E-state index in [1.54, 1.807) is 17.0 Å². The highest BCUT2D eigenvalue weighted by molar-refractivity contribution is 7.89. The minimum atomic E-state index is -3.67. The zero-order valence-electron chi connectivity index (χ0n) is 19.8. The first-order valence-corrected chi connectivity index (χ1v) is 13.2. The lowest BCUT2D eigenvalue weighted by molar-refractivity contribution is -0.119. The minimum Gasteiger partial charge on any atom is -0.371 e. The third kappa shape index (κ3) is 5.10. The lowest BCUT2D eigenvalue weighted by Gasteiger charge is -2.27. The molecule has 0 bridgehead atoms. The Morgan fingerprint density at radius 3 is 2.44 bits per heavy atom. The molecule has 34 heavy (non-hydrogen) atoms. The van der Waals surface area contributed by atoms with Crippen LogP contribution in [0, 0.1) is 0 Å². The topological polar surface area (TPSA) is 90.0 Å². The summed E-state index contributed by atoms with van der Waals surface area (Å²) < 4.78 is 26.5. The molecule has 1 N–H and O–H groups in total. The molecule has 0 spiro atoms. The molecule has 2 saturated heterocycles. The Balaban J connectivity index is 1.56. The summed E-state index contributed by atoms with van der Waals surface area (Å²) in [7, 11) is -0.715. The van der Waals surface area contributed by atoms with Gasteiger partial charge in [0.05, 0.1) is 10.5 Å². The molecule has 8 nitrogen and oxygen atoms in total. The number of carbonyl (C=O) groups is 2. The maximum atomic E-state index is 13.3. The molecule has 2 aromatic rings. The molecule has 2 fully saturated rings. The molecular weight excluding hydrogens is 452 g/mol. The van der Waals surface area contributed by atoms with Gasteiger partial charge < -0.3 is 15.1 Å². The Morgan fingerprint density at radius 2 is 1.74 bits per heavy atom. The van der Waals surface area contributed by atoms with Crippen LogP contribution in [0.15, 0.2) is 47.4 Å². The number of hydrogen-bond donors (Lipinski definition) is 1. The van der Waals surface area contributed by atoms with E-state index in [-0.39, 0.29) is 23.3 Å². The Labute approximate surface area is 201 Å². The second-order valence-electron chi connectivity index (χ2n) is 9.02. The highest BCUT2D eigenvalue weighted by Gasteiger charge is 2.25. The summed E-state index contributed by atoms with van der Waals surface area (Å²) in [5, 5.41) is 2.95. The number of benzene rings is 2. The zero-order chi connectivity index (χ0) is 24.3. The van der Waals surface area contributed by atoms with Crippen molar-refractivity contribution in [3.63, 3.8) is 0 Å². The predicted molar refractivity (Wildman–Crippen MR) is 133 cm³/mol. The lowest BCUT2D eigenvalue weighted by atomic mass is 10.1. The molecule has 2 aromatic carbocycles. The molecule has 2 amide bonds. The van der Waals surface area contributed by atoms with E-state index in [4.69, 9.17) is 0 Å². The van der Waals surface area contributed by atoms with Gasteiger partial charge in [0.2, 0.25) is 15.9 Å². The van der Waals surface area contributed by atoms with Crippen molar-refractivity contribution in [2.75, 3.05) is 43.5 Å². The highest BCUT2D eigenvalue weighted by atomic mass is 32.2. The van der Waals surface area contributed by atoms with Gasteiger partial charge in [-0.25, -0.2) is 12.7 Å². The van der Waals surface area contributed by atoms with Crippen LogP contribution in [0.2, 0.25) is 0 Å². The van der Waals surface area contributed by atoms with Gasteiger partial charge in [-0.15, -0.1) is 0 Å². The highest BCUT2D eigenvalue weighted by Crippen LogP contribution is 2.28. The first-order valence-electron chi connectivity index (χ1n) is 11.8. The molecular formula is C25H32N4O4S. The Hall–Kier alpha value is -2.91. The number of nitrogens with one attached hydrogen (secondary N) is 1. The number of rotatable bonds is 7. The summed E-state index contributed by atoms with van der Waals surface area (Å²) in [5.41, 5.74) is 2.82. The second-order valence-corrected chi connectivity index (χ2v) is 11.2. The van der Waals surface area contributed by atoms with E-state index in [1.165, 1.54) is 20.2 Å². The van der Waals surface area contributed by atoms with Gasteiger partial charge in [-0.2, -0.15) is 0 Å². The monoisotopic (exact) mass is 484 g/mol. The van der Waals surface area contributed by atoms with Gasteiger partial charge in [0, 0.05) is 58.1 Å². The molecule has 0 aromatic heterocycles. The van der Waals surface area contributed by atoms with Crippen molar-refractivity contribution < 1.29 is 18.0 Å². The van der Waals surface area contributed by atoms with Crippen LogP contribution >= 0.6 is 0 Å². The van der Waals surface area contributed by atoms with Crippen molar-refractivity contribution in [3.05, 3.63) is 53.6 Å². The second kappa shape index (κ2) is 10.1. The number of anilines is 2. The minimum absolute atomic E-state index is 0.0937. The fraction of sp³-hybridized carbons (Fsp3) is 0.440. The largest absolute Gasteiger partial charge is 0.371 e. The van der Waals surface area contributed by atoms with Gasteiger partial charge in [0.1, 0.15) is 0 Å². The summed E-state index contributed by atoms with van der Waals surface area (Å²) in [4.78, 5) is 29.6. The molecule has 182 valence electrons. The van der Waals surface area contributed by atoms with Crippen LogP contribution in [0.5, 0.6) is 0 Å². The van der Waals surface area contributed by atoms with E-state index >= 15 is 0 Å². The first kappa shape index (κ1) is 24.2. The van der Waals surface area contributed by atoms with Gasteiger partial charge in [-0.05, 0) is 61.6 Å². The van der Waals surface area contributed by atoms with Gasteiger partial charge >= 0.3 is 0 Å². The quantitative estimate of drug-likeness (QED) is 0.653. The van der Waals surface area contributed by atoms with Gasteiger partial charge in [-0.3, -0.25) is 9.59 Å².